The van der Waals surface area contributed by atoms with Crippen LogP contribution in [0.1, 0.15) is 22.3 Å². The van der Waals surface area contributed by atoms with Gasteiger partial charge in [0.25, 0.3) is 0 Å². The molecule has 0 aliphatic heterocycles. The average molecular weight is 263 g/mol. The van der Waals surface area contributed by atoms with Gasteiger partial charge in [0.2, 0.25) is 5.43 Å². The smallest absolute Gasteiger partial charge is 0.203 e. The number of carbonyl (C=O) groups is 1. The highest BCUT2D eigenvalue weighted by Gasteiger charge is 2.06. The second kappa shape index (κ2) is 5.65. The van der Waals surface area contributed by atoms with E-state index in [1.165, 1.54) is 6.26 Å². The molecule has 0 saturated carbocycles. The summed E-state index contributed by atoms with van der Waals surface area (Å²) in [6.45, 7) is 0. The molecule has 18 heavy (non-hydrogen) atoms. The molecule has 0 N–H and O–H groups in total. The Hall–Kier alpha value is -1.87. The van der Waals surface area contributed by atoms with E-state index in [9.17, 15) is 9.59 Å². The Bertz CT molecular complexity index is 656. The number of carbonyl (C=O) groups excluding carboxylic acids is 1. The first-order chi connectivity index (χ1) is 8.76. The normalized spacial score (nSPS) is 11.2. The van der Waals surface area contributed by atoms with Crippen molar-refractivity contribution in [3.05, 3.63) is 51.9 Å². The van der Waals surface area contributed by atoms with Gasteiger partial charge in [-0.25, -0.2) is 0 Å². The molecule has 1 aromatic carbocycles. The molecule has 0 aliphatic carbocycles. The first-order valence-electron chi connectivity index (χ1n) is 5.49. The summed E-state index contributed by atoms with van der Waals surface area (Å²) in [4.78, 5) is 22.6. The molecule has 0 amide bonds. The van der Waals surface area contributed by atoms with Gasteiger partial charge in [-0.1, -0.05) is 18.2 Å². The summed E-state index contributed by atoms with van der Waals surface area (Å²) in [7, 11) is 0. The Morgan fingerprint density at radius 1 is 1.33 bits per heavy atom. The number of halogens is 1. The molecular weight excluding hydrogens is 252 g/mol. The van der Waals surface area contributed by atoms with Crippen LogP contribution in [0.4, 0.5) is 0 Å². The zero-order valence-corrected chi connectivity index (χ0v) is 10.3. The molecular formula is C14H11ClO3. The third kappa shape index (κ3) is 2.51. The van der Waals surface area contributed by atoms with Crippen LogP contribution in [0, 0.1) is 0 Å². The molecule has 3 nitrogen and oxygen atoms in total. The lowest BCUT2D eigenvalue weighted by Gasteiger charge is -1.99. The molecule has 1 aromatic heterocycles. The van der Waals surface area contributed by atoms with Crippen LogP contribution in [0.2, 0.25) is 0 Å². The van der Waals surface area contributed by atoms with E-state index in [2.05, 4.69) is 0 Å². The minimum atomic E-state index is -0.307. The summed E-state index contributed by atoms with van der Waals surface area (Å²) in [6.07, 6.45) is 6.26. The van der Waals surface area contributed by atoms with Crippen LogP contribution in [-0.2, 0) is 0 Å². The molecule has 0 radical (unpaired) electrons. The third-order valence-electron chi connectivity index (χ3n) is 2.54. The Kier molecular flexibility index (Phi) is 3.95. The lowest BCUT2D eigenvalue weighted by Crippen LogP contribution is -2.07. The number of allylic oxidation sites excluding steroid dienone is 1. The highest BCUT2D eigenvalue weighted by atomic mass is 35.5. The molecule has 0 atom stereocenters. The fourth-order valence-corrected chi connectivity index (χ4v) is 1.76. The predicted molar refractivity (Wildman–Crippen MR) is 72.2 cm³/mol. The van der Waals surface area contributed by atoms with E-state index in [0.29, 0.717) is 23.1 Å². The van der Waals surface area contributed by atoms with Crippen molar-refractivity contribution in [3.8, 4) is 0 Å². The monoisotopic (exact) mass is 262 g/mol. The number of aldehydes is 1. The number of hydrogen-bond acceptors (Lipinski definition) is 3. The van der Waals surface area contributed by atoms with Crippen molar-refractivity contribution in [1.29, 1.82) is 0 Å². The zero-order valence-electron chi connectivity index (χ0n) is 9.56. The number of benzene rings is 1. The molecule has 0 fully saturated rings. The maximum atomic E-state index is 11.9. The lowest BCUT2D eigenvalue weighted by atomic mass is 10.1. The van der Waals surface area contributed by atoms with Crippen molar-refractivity contribution in [1.82, 2.24) is 0 Å². The minimum absolute atomic E-state index is 0.0318. The van der Waals surface area contributed by atoms with Gasteiger partial charge >= 0.3 is 0 Å². The highest BCUT2D eigenvalue weighted by molar-refractivity contribution is 6.17. The SMILES string of the molecule is O=Cc1coc2ccc(C=CCCCl)cc2c1=O. The fourth-order valence-electron chi connectivity index (χ4n) is 1.63. The minimum Gasteiger partial charge on any atom is -0.463 e. The summed E-state index contributed by atoms with van der Waals surface area (Å²) in [6, 6.07) is 5.27. The number of hydrogen-bond donors (Lipinski definition) is 0. The summed E-state index contributed by atoms with van der Waals surface area (Å²) in [5.74, 6) is 0.557. The summed E-state index contributed by atoms with van der Waals surface area (Å²) < 4.78 is 5.22. The van der Waals surface area contributed by atoms with Crippen molar-refractivity contribution in [2.75, 3.05) is 5.88 Å². The van der Waals surface area contributed by atoms with E-state index >= 15 is 0 Å². The van der Waals surface area contributed by atoms with Gasteiger partial charge in [0.15, 0.2) is 6.29 Å². The van der Waals surface area contributed by atoms with Crippen LogP contribution < -0.4 is 5.43 Å². The quantitative estimate of drug-likeness (QED) is 0.628. The molecule has 1 heterocycles. The molecule has 2 aromatic rings. The standard InChI is InChI=1S/C14H11ClO3/c15-6-2-1-3-10-4-5-13-12(7-10)14(17)11(8-16)9-18-13/h1,3-5,7-9H,2,6H2. The van der Waals surface area contributed by atoms with Gasteiger partial charge in [-0.3, -0.25) is 9.59 Å². The lowest BCUT2D eigenvalue weighted by molar-refractivity contribution is 0.112. The van der Waals surface area contributed by atoms with Gasteiger partial charge in [0.05, 0.1) is 10.9 Å². The van der Waals surface area contributed by atoms with Gasteiger partial charge in [0.1, 0.15) is 11.8 Å². The Morgan fingerprint density at radius 3 is 2.89 bits per heavy atom. The van der Waals surface area contributed by atoms with Crippen molar-refractivity contribution < 1.29 is 9.21 Å². The second-order valence-corrected chi connectivity index (χ2v) is 4.15. The number of rotatable bonds is 4. The molecule has 0 saturated heterocycles. The third-order valence-corrected chi connectivity index (χ3v) is 2.75. The van der Waals surface area contributed by atoms with Crippen LogP contribution in [-0.4, -0.2) is 12.2 Å². The van der Waals surface area contributed by atoms with Crippen LogP contribution in [0.5, 0.6) is 0 Å². The van der Waals surface area contributed by atoms with E-state index in [-0.39, 0.29) is 11.0 Å². The van der Waals surface area contributed by atoms with E-state index < -0.39 is 0 Å². The van der Waals surface area contributed by atoms with Gasteiger partial charge < -0.3 is 4.42 Å². The first-order valence-corrected chi connectivity index (χ1v) is 6.03. The Balaban J connectivity index is 2.52. The van der Waals surface area contributed by atoms with Crippen LogP contribution in [0.3, 0.4) is 0 Å². The van der Waals surface area contributed by atoms with Crippen molar-refractivity contribution in [2.45, 2.75) is 6.42 Å². The highest BCUT2D eigenvalue weighted by Crippen LogP contribution is 2.14. The predicted octanol–water partition coefficient (Wildman–Crippen LogP) is 3.25. The van der Waals surface area contributed by atoms with E-state index in [1.807, 2.05) is 18.2 Å². The molecule has 92 valence electrons. The van der Waals surface area contributed by atoms with Crippen molar-refractivity contribution >= 4 is 34.9 Å². The van der Waals surface area contributed by atoms with Crippen LogP contribution in [0.15, 0.2) is 39.7 Å². The van der Waals surface area contributed by atoms with Gasteiger partial charge in [-0.15, -0.1) is 11.6 Å². The molecule has 2 rings (SSSR count). The molecule has 0 spiro atoms. The Labute approximate surface area is 109 Å². The van der Waals surface area contributed by atoms with Crippen LogP contribution >= 0.6 is 11.6 Å². The average Bonchev–Trinajstić information content (AvgIpc) is 2.40. The number of alkyl halides is 1. The van der Waals surface area contributed by atoms with Crippen LogP contribution in [0.25, 0.3) is 17.0 Å². The summed E-state index contributed by atoms with van der Waals surface area (Å²) in [5.41, 5.74) is 1.08. The van der Waals surface area contributed by atoms with Gasteiger partial charge in [-0.2, -0.15) is 0 Å². The first kappa shape index (κ1) is 12.6. The largest absolute Gasteiger partial charge is 0.463 e. The van der Waals surface area contributed by atoms with Gasteiger partial charge in [-0.05, 0) is 24.1 Å². The van der Waals surface area contributed by atoms with Crippen molar-refractivity contribution in [2.24, 2.45) is 0 Å². The molecule has 0 bridgehead atoms. The fraction of sp³-hybridized carbons (Fsp3) is 0.143. The Morgan fingerprint density at radius 2 is 2.17 bits per heavy atom. The summed E-state index contributed by atoms with van der Waals surface area (Å²) in [5, 5.41) is 0.410. The van der Waals surface area contributed by atoms with E-state index in [4.69, 9.17) is 16.0 Å². The van der Waals surface area contributed by atoms with E-state index in [1.54, 1.807) is 12.1 Å². The second-order valence-electron chi connectivity index (χ2n) is 3.77. The summed E-state index contributed by atoms with van der Waals surface area (Å²) >= 11 is 5.57. The molecule has 0 unspecified atom stereocenters. The van der Waals surface area contributed by atoms with Gasteiger partial charge in [0, 0.05) is 5.88 Å². The van der Waals surface area contributed by atoms with E-state index in [0.717, 1.165) is 12.0 Å². The molecule has 0 aliphatic rings. The maximum absolute atomic E-state index is 11.9. The topological polar surface area (TPSA) is 47.3 Å². The number of fused-ring (bicyclic) bond motifs is 1. The molecule has 4 heteroatoms. The maximum Gasteiger partial charge on any atom is 0.203 e. The zero-order chi connectivity index (χ0) is 13.0. The van der Waals surface area contributed by atoms with Crippen molar-refractivity contribution in [3.63, 3.8) is 0 Å².